The molecule has 3 aromatic rings. The zero-order chi connectivity index (χ0) is 13.4. The second-order valence-corrected chi connectivity index (χ2v) is 5.42. The van der Waals surface area contributed by atoms with Crippen molar-refractivity contribution >= 4 is 21.7 Å². The summed E-state index contributed by atoms with van der Waals surface area (Å²) < 4.78 is 1.99. The van der Waals surface area contributed by atoms with E-state index in [1.807, 2.05) is 37.3 Å². The van der Waals surface area contributed by atoms with E-state index in [4.69, 9.17) is 0 Å². The summed E-state index contributed by atoms with van der Waals surface area (Å²) in [7, 11) is 0. The highest BCUT2D eigenvalue weighted by Gasteiger charge is 2.12. The highest BCUT2D eigenvalue weighted by Crippen LogP contribution is 2.16. The molecule has 6 heteroatoms. The van der Waals surface area contributed by atoms with E-state index < -0.39 is 5.69 Å². The number of nitrogens with one attached hydrogen (secondary N) is 1. The Morgan fingerprint density at radius 3 is 2.74 bits per heavy atom. The van der Waals surface area contributed by atoms with Crippen LogP contribution in [0, 0.1) is 6.92 Å². The van der Waals surface area contributed by atoms with Crippen LogP contribution < -0.4 is 11.2 Å². The monoisotopic (exact) mass is 273 g/mol. The molecule has 0 aliphatic heterocycles. The van der Waals surface area contributed by atoms with Crippen LogP contribution in [0.2, 0.25) is 0 Å². The Morgan fingerprint density at radius 2 is 2.00 bits per heavy atom. The zero-order valence-electron chi connectivity index (χ0n) is 10.2. The summed E-state index contributed by atoms with van der Waals surface area (Å²) in [5.41, 5.74) is 0.658. The maximum absolute atomic E-state index is 11.9. The van der Waals surface area contributed by atoms with Crippen LogP contribution in [0.4, 0.5) is 0 Å². The van der Waals surface area contributed by atoms with E-state index in [0.29, 0.717) is 16.9 Å². The van der Waals surface area contributed by atoms with E-state index in [9.17, 15) is 9.59 Å². The van der Waals surface area contributed by atoms with Crippen LogP contribution in [0.1, 0.15) is 10.6 Å². The molecular formula is C13H11N3O2S. The minimum absolute atomic E-state index is 0.366. The van der Waals surface area contributed by atoms with E-state index in [0.717, 1.165) is 10.6 Å². The number of thiazole rings is 1. The Kier molecular flexibility index (Phi) is 2.79. The lowest BCUT2D eigenvalue weighted by atomic mass is 10.2. The maximum atomic E-state index is 11.9. The molecule has 2 aromatic heterocycles. The van der Waals surface area contributed by atoms with Crippen molar-refractivity contribution in [2.75, 3.05) is 0 Å². The van der Waals surface area contributed by atoms with Gasteiger partial charge < -0.3 is 0 Å². The van der Waals surface area contributed by atoms with Crippen molar-refractivity contribution in [1.82, 2.24) is 14.5 Å². The first-order valence-corrected chi connectivity index (χ1v) is 6.61. The van der Waals surface area contributed by atoms with Crippen molar-refractivity contribution in [1.29, 1.82) is 0 Å². The smallest absolute Gasteiger partial charge is 0.273 e. The van der Waals surface area contributed by atoms with Gasteiger partial charge in [0.2, 0.25) is 0 Å². The van der Waals surface area contributed by atoms with Gasteiger partial charge in [0, 0.05) is 0 Å². The van der Waals surface area contributed by atoms with Crippen molar-refractivity contribution in [3.8, 4) is 0 Å². The van der Waals surface area contributed by atoms with Gasteiger partial charge in [-0.05, 0) is 12.5 Å². The first-order chi connectivity index (χ1) is 9.15. The Hall–Kier alpha value is -2.21. The molecule has 0 spiro atoms. The number of fused-ring (bicyclic) bond motifs is 1. The number of nitrogens with zero attached hydrogens (tertiary/aromatic N) is 2. The molecule has 1 aromatic carbocycles. The maximum Gasteiger partial charge on any atom is 0.330 e. The average Bonchev–Trinajstić information content (AvgIpc) is 2.78. The van der Waals surface area contributed by atoms with Gasteiger partial charge in [-0.25, -0.2) is 9.78 Å². The van der Waals surface area contributed by atoms with Crippen LogP contribution in [-0.4, -0.2) is 14.5 Å². The Morgan fingerprint density at radius 1 is 1.26 bits per heavy atom. The first kappa shape index (κ1) is 11.9. The van der Waals surface area contributed by atoms with Crippen LogP contribution in [0.25, 0.3) is 10.3 Å². The SMILES string of the molecule is Cc1nc2c(s1)c(=O)[nH]c(=O)n2Cc1ccccc1. The molecule has 5 nitrogen and oxygen atoms in total. The zero-order valence-corrected chi connectivity index (χ0v) is 11.0. The molecule has 0 aliphatic rings. The van der Waals surface area contributed by atoms with Crippen molar-refractivity contribution in [2.24, 2.45) is 0 Å². The molecule has 96 valence electrons. The molecule has 1 N–H and O–H groups in total. The van der Waals surface area contributed by atoms with Crippen molar-refractivity contribution in [3.63, 3.8) is 0 Å². The van der Waals surface area contributed by atoms with Crippen molar-refractivity contribution in [2.45, 2.75) is 13.5 Å². The van der Waals surface area contributed by atoms with Crippen LogP contribution >= 0.6 is 11.3 Å². The second-order valence-electron chi connectivity index (χ2n) is 4.22. The molecule has 0 aliphatic carbocycles. The minimum atomic E-state index is -0.424. The third kappa shape index (κ3) is 2.10. The highest BCUT2D eigenvalue weighted by molar-refractivity contribution is 7.18. The summed E-state index contributed by atoms with van der Waals surface area (Å²) >= 11 is 1.30. The third-order valence-electron chi connectivity index (χ3n) is 2.83. The first-order valence-electron chi connectivity index (χ1n) is 5.79. The van der Waals surface area contributed by atoms with Gasteiger partial charge in [0.15, 0.2) is 5.65 Å². The third-order valence-corrected chi connectivity index (χ3v) is 3.79. The molecule has 0 bridgehead atoms. The number of aromatic amines is 1. The molecule has 2 heterocycles. The van der Waals surface area contributed by atoms with Crippen molar-refractivity contribution < 1.29 is 0 Å². The van der Waals surface area contributed by atoms with Crippen LogP contribution in [0.5, 0.6) is 0 Å². The molecule has 0 unspecified atom stereocenters. The molecule has 0 saturated carbocycles. The number of rotatable bonds is 2. The fourth-order valence-electron chi connectivity index (χ4n) is 1.98. The number of H-pyrrole nitrogens is 1. The van der Waals surface area contributed by atoms with Gasteiger partial charge in [0.1, 0.15) is 4.70 Å². The predicted octanol–water partition coefficient (Wildman–Crippen LogP) is 1.50. The topological polar surface area (TPSA) is 67.8 Å². The second kappa shape index (κ2) is 4.47. The van der Waals surface area contributed by atoms with Crippen molar-refractivity contribution in [3.05, 3.63) is 61.7 Å². The largest absolute Gasteiger partial charge is 0.330 e. The van der Waals surface area contributed by atoms with E-state index in [1.165, 1.54) is 15.9 Å². The lowest BCUT2D eigenvalue weighted by Gasteiger charge is -2.05. The molecule has 0 atom stereocenters. The number of benzene rings is 1. The van der Waals surface area contributed by atoms with Crippen LogP contribution in [0.15, 0.2) is 39.9 Å². The molecule has 3 rings (SSSR count). The van der Waals surface area contributed by atoms with Crippen LogP contribution in [0.3, 0.4) is 0 Å². The quantitative estimate of drug-likeness (QED) is 0.769. The van der Waals surface area contributed by atoms with E-state index in [1.54, 1.807) is 0 Å². The van der Waals surface area contributed by atoms with E-state index in [-0.39, 0.29) is 5.56 Å². The molecule has 0 radical (unpaired) electrons. The van der Waals surface area contributed by atoms with E-state index in [2.05, 4.69) is 9.97 Å². The summed E-state index contributed by atoms with van der Waals surface area (Å²) in [6.07, 6.45) is 0. The highest BCUT2D eigenvalue weighted by atomic mass is 32.1. The van der Waals surface area contributed by atoms with Gasteiger partial charge in [0.05, 0.1) is 11.6 Å². The summed E-state index contributed by atoms with van der Waals surface area (Å²) in [6, 6.07) is 9.61. The molecule has 19 heavy (non-hydrogen) atoms. The van der Waals surface area contributed by atoms with Gasteiger partial charge in [-0.2, -0.15) is 0 Å². The Balaban J connectivity index is 2.23. The molecular weight excluding hydrogens is 262 g/mol. The van der Waals surface area contributed by atoms with Gasteiger partial charge in [-0.3, -0.25) is 14.3 Å². The fourth-order valence-corrected chi connectivity index (χ4v) is 2.80. The van der Waals surface area contributed by atoms with Crippen LogP contribution in [-0.2, 0) is 6.54 Å². The normalized spacial score (nSPS) is 11.0. The number of aromatic nitrogens is 3. The lowest BCUT2D eigenvalue weighted by Crippen LogP contribution is -2.30. The number of hydrogen-bond donors (Lipinski definition) is 1. The lowest BCUT2D eigenvalue weighted by molar-refractivity contribution is 0.748. The average molecular weight is 273 g/mol. The van der Waals surface area contributed by atoms with Gasteiger partial charge in [-0.15, -0.1) is 11.3 Å². The van der Waals surface area contributed by atoms with Gasteiger partial charge >= 0.3 is 5.69 Å². The summed E-state index contributed by atoms with van der Waals surface area (Å²) in [5.74, 6) is 0. The summed E-state index contributed by atoms with van der Waals surface area (Å²) in [6.45, 7) is 2.22. The molecule has 0 fully saturated rings. The van der Waals surface area contributed by atoms with E-state index >= 15 is 0 Å². The predicted molar refractivity (Wildman–Crippen MR) is 74.8 cm³/mol. The standard InChI is InChI=1S/C13H11N3O2S/c1-8-14-11-10(19-8)12(17)15-13(18)16(11)7-9-5-3-2-4-6-9/h2-6H,7H2,1H3,(H,15,17,18). The number of hydrogen-bond acceptors (Lipinski definition) is 4. The Bertz CT molecular complexity index is 846. The van der Waals surface area contributed by atoms with Gasteiger partial charge in [-0.1, -0.05) is 30.3 Å². The molecule has 0 amide bonds. The number of aryl methyl sites for hydroxylation is 1. The fraction of sp³-hybridized carbons (Fsp3) is 0.154. The minimum Gasteiger partial charge on any atom is -0.273 e. The van der Waals surface area contributed by atoms with Gasteiger partial charge in [0.25, 0.3) is 5.56 Å². The summed E-state index contributed by atoms with van der Waals surface area (Å²) in [5, 5.41) is 0.771. The molecule has 0 saturated heterocycles. The Labute approximate surface area is 112 Å². The summed E-state index contributed by atoms with van der Waals surface area (Å²) in [4.78, 5) is 30.3.